The van der Waals surface area contributed by atoms with Crippen LogP contribution in [-0.4, -0.2) is 74.9 Å². The van der Waals surface area contributed by atoms with Gasteiger partial charge in [0.15, 0.2) is 0 Å². The summed E-state index contributed by atoms with van der Waals surface area (Å²) in [5.74, 6) is -5.62. The summed E-state index contributed by atoms with van der Waals surface area (Å²) in [4.78, 5) is 77.3. The van der Waals surface area contributed by atoms with Crippen molar-refractivity contribution in [1.82, 2.24) is 20.9 Å². The fourth-order valence-electron chi connectivity index (χ4n) is 4.46. The Bertz CT molecular complexity index is 1520. The second-order valence-corrected chi connectivity index (χ2v) is 10.2. The number of nitrogens with one attached hydrogen (secondary N) is 4. The van der Waals surface area contributed by atoms with Crippen LogP contribution in [0.15, 0.2) is 54.7 Å². The second kappa shape index (κ2) is 15.2. The molecule has 0 radical (unpaired) electrons. The van der Waals surface area contributed by atoms with E-state index in [1.807, 2.05) is 6.07 Å². The average molecular weight is 610 g/mol. The van der Waals surface area contributed by atoms with Crippen molar-refractivity contribution in [3.8, 4) is 5.75 Å². The van der Waals surface area contributed by atoms with Crippen LogP contribution in [0.3, 0.4) is 0 Å². The number of aliphatic carboxylic acids is 1. The molecule has 12 N–H and O–H groups in total. The van der Waals surface area contributed by atoms with Crippen molar-refractivity contribution in [1.29, 1.82) is 0 Å². The molecular formula is C29H35N7O8. The maximum atomic E-state index is 13.7. The van der Waals surface area contributed by atoms with Gasteiger partial charge in [0.2, 0.25) is 29.5 Å². The Balaban J connectivity index is 1.90. The summed E-state index contributed by atoms with van der Waals surface area (Å²) in [6.07, 6.45) is 0.549. The fraction of sp³-hybridized carbons (Fsp3) is 0.310. The molecule has 234 valence electrons. The van der Waals surface area contributed by atoms with Crippen molar-refractivity contribution < 1.29 is 39.0 Å². The number of aromatic nitrogens is 1. The number of nitrogens with two attached hydrogens (primary N) is 3. The summed E-state index contributed by atoms with van der Waals surface area (Å²) >= 11 is 0. The first-order chi connectivity index (χ1) is 20.8. The van der Waals surface area contributed by atoms with Gasteiger partial charge in [-0.1, -0.05) is 30.3 Å². The van der Waals surface area contributed by atoms with Gasteiger partial charge in [0.25, 0.3) is 0 Å². The lowest BCUT2D eigenvalue weighted by Gasteiger charge is -2.25. The highest BCUT2D eigenvalue weighted by atomic mass is 16.4. The van der Waals surface area contributed by atoms with E-state index in [4.69, 9.17) is 17.2 Å². The number of amides is 5. The molecule has 15 heteroatoms. The van der Waals surface area contributed by atoms with E-state index in [9.17, 15) is 39.0 Å². The highest BCUT2D eigenvalue weighted by Crippen LogP contribution is 2.20. The van der Waals surface area contributed by atoms with Crippen molar-refractivity contribution in [2.75, 3.05) is 0 Å². The normalized spacial score (nSPS) is 13.7. The molecule has 0 bridgehead atoms. The monoisotopic (exact) mass is 609 g/mol. The number of carbonyl (C=O) groups excluding carboxylic acids is 5. The Morgan fingerprint density at radius 1 is 0.773 bits per heavy atom. The first-order valence-electron chi connectivity index (χ1n) is 13.6. The average Bonchev–Trinajstić information content (AvgIpc) is 3.38. The molecule has 1 aromatic heterocycles. The molecule has 0 aliphatic heterocycles. The van der Waals surface area contributed by atoms with E-state index in [1.165, 1.54) is 24.3 Å². The van der Waals surface area contributed by atoms with Crippen LogP contribution < -0.4 is 33.2 Å². The quantitative estimate of drug-likeness (QED) is 0.0929. The lowest BCUT2D eigenvalue weighted by molar-refractivity contribution is -0.143. The number of benzene rings is 2. The molecule has 3 aromatic rings. The molecule has 0 aliphatic rings. The van der Waals surface area contributed by atoms with Crippen LogP contribution in [0.1, 0.15) is 30.4 Å². The summed E-state index contributed by atoms with van der Waals surface area (Å²) < 4.78 is 0. The second-order valence-electron chi connectivity index (χ2n) is 10.2. The minimum absolute atomic E-state index is 0.0216. The summed E-state index contributed by atoms with van der Waals surface area (Å²) in [6, 6.07) is 7.57. The molecule has 0 fully saturated rings. The summed E-state index contributed by atoms with van der Waals surface area (Å²) in [7, 11) is 0. The number of carbonyl (C=O) groups is 6. The maximum Gasteiger partial charge on any atom is 0.326 e. The number of hydrogen-bond acceptors (Lipinski definition) is 8. The molecule has 2 aromatic carbocycles. The van der Waals surface area contributed by atoms with E-state index in [2.05, 4.69) is 20.9 Å². The standard InChI is InChI=1S/C29H35N7O8/c30-19(9-10-24(31)38)26(40)34-21(11-15-5-7-17(37)8-6-15)27(41)35-22(28(42)36-23(29(43)44)13-25(32)39)12-16-14-33-20-4-2-1-3-18(16)20/h1-8,14,19,21-23,33,37H,9-13,30H2,(H2,31,38)(H2,32,39)(H,34,40)(H,35,41)(H,36,42)(H,43,44). The van der Waals surface area contributed by atoms with Crippen LogP contribution in [0.5, 0.6) is 5.75 Å². The van der Waals surface area contributed by atoms with Gasteiger partial charge < -0.3 is 48.3 Å². The van der Waals surface area contributed by atoms with Gasteiger partial charge in [0.05, 0.1) is 12.5 Å². The van der Waals surface area contributed by atoms with Crippen molar-refractivity contribution in [3.05, 3.63) is 65.9 Å². The first-order valence-corrected chi connectivity index (χ1v) is 13.6. The molecule has 0 saturated heterocycles. The van der Waals surface area contributed by atoms with Crippen LogP contribution in [0.2, 0.25) is 0 Å². The van der Waals surface area contributed by atoms with Gasteiger partial charge in [-0.15, -0.1) is 0 Å². The van der Waals surface area contributed by atoms with Crippen molar-refractivity contribution in [2.24, 2.45) is 17.2 Å². The molecule has 0 spiro atoms. The number of aromatic amines is 1. The molecule has 3 rings (SSSR count). The van der Waals surface area contributed by atoms with E-state index in [1.54, 1.807) is 24.4 Å². The summed E-state index contributed by atoms with van der Waals surface area (Å²) in [6.45, 7) is 0. The number of carboxylic acids is 1. The summed E-state index contributed by atoms with van der Waals surface area (Å²) in [5.41, 5.74) is 18.1. The van der Waals surface area contributed by atoms with E-state index in [-0.39, 0.29) is 31.4 Å². The number of para-hydroxylation sites is 1. The Morgan fingerprint density at radius 3 is 1.98 bits per heavy atom. The highest BCUT2D eigenvalue weighted by Gasteiger charge is 2.32. The molecule has 15 nitrogen and oxygen atoms in total. The van der Waals surface area contributed by atoms with Crippen molar-refractivity contribution in [2.45, 2.75) is 56.3 Å². The zero-order chi connectivity index (χ0) is 32.4. The summed E-state index contributed by atoms with van der Waals surface area (Å²) in [5, 5.41) is 27.3. The number of rotatable bonds is 16. The lowest BCUT2D eigenvalue weighted by atomic mass is 10.0. The van der Waals surface area contributed by atoms with E-state index >= 15 is 0 Å². The van der Waals surface area contributed by atoms with Crippen LogP contribution in [0.4, 0.5) is 0 Å². The fourth-order valence-corrected chi connectivity index (χ4v) is 4.46. The predicted octanol–water partition coefficient (Wildman–Crippen LogP) is -1.33. The SMILES string of the molecule is NC(=O)CCC(N)C(=O)NC(Cc1ccc(O)cc1)C(=O)NC(Cc1c[nH]c2ccccc12)C(=O)NC(CC(N)=O)C(=O)O. The van der Waals surface area contributed by atoms with Crippen LogP contribution in [-0.2, 0) is 41.6 Å². The Hall–Kier alpha value is -5.44. The van der Waals surface area contributed by atoms with Crippen LogP contribution >= 0.6 is 0 Å². The zero-order valence-electron chi connectivity index (χ0n) is 23.6. The molecule has 4 atom stereocenters. The minimum atomic E-state index is -1.65. The molecule has 5 amide bonds. The third-order valence-corrected chi connectivity index (χ3v) is 6.80. The number of carboxylic acid groups (broad SMARTS) is 1. The molecule has 0 saturated carbocycles. The molecule has 1 heterocycles. The molecular weight excluding hydrogens is 574 g/mol. The number of aromatic hydroxyl groups is 1. The smallest absolute Gasteiger partial charge is 0.326 e. The number of H-pyrrole nitrogens is 1. The third-order valence-electron chi connectivity index (χ3n) is 6.80. The Kier molecular flexibility index (Phi) is 11.4. The van der Waals surface area contributed by atoms with E-state index < -0.39 is 66.1 Å². The van der Waals surface area contributed by atoms with Gasteiger partial charge >= 0.3 is 5.97 Å². The number of fused-ring (bicyclic) bond motifs is 1. The molecule has 0 aliphatic carbocycles. The van der Waals surface area contributed by atoms with Gasteiger partial charge in [0, 0.05) is 36.4 Å². The third kappa shape index (κ3) is 9.55. The maximum absolute atomic E-state index is 13.7. The topological polar surface area (TPSA) is 273 Å². The first kappa shape index (κ1) is 33.1. The highest BCUT2D eigenvalue weighted by molar-refractivity contribution is 5.95. The van der Waals surface area contributed by atoms with Gasteiger partial charge in [0.1, 0.15) is 23.9 Å². The van der Waals surface area contributed by atoms with Gasteiger partial charge in [-0.2, -0.15) is 0 Å². The van der Waals surface area contributed by atoms with Gasteiger partial charge in [-0.25, -0.2) is 4.79 Å². The largest absolute Gasteiger partial charge is 0.508 e. The Labute approximate surface area is 251 Å². The number of phenolic OH excluding ortho intramolecular Hbond substituents is 1. The lowest BCUT2D eigenvalue weighted by Crippen LogP contribution is -2.58. The van der Waals surface area contributed by atoms with Gasteiger partial charge in [-0.05, 0) is 35.7 Å². The van der Waals surface area contributed by atoms with Crippen molar-refractivity contribution >= 4 is 46.4 Å². The predicted molar refractivity (Wildman–Crippen MR) is 157 cm³/mol. The van der Waals surface area contributed by atoms with E-state index in [0.29, 0.717) is 11.1 Å². The van der Waals surface area contributed by atoms with E-state index in [0.717, 1.165) is 10.9 Å². The zero-order valence-corrected chi connectivity index (χ0v) is 23.6. The minimum Gasteiger partial charge on any atom is -0.508 e. The number of hydrogen-bond donors (Lipinski definition) is 9. The molecule has 44 heavy (non-hydrogen) atoms. The Morgan fingerprint density at radius 2 is 1.36 bits per heavy atom. The van der Waals surface area contributed by atoms with Crippen molar-refractivity contribution in [3.63, 3.8) is 0 Å². The number of phenols is 1. The number of primary amides is 2. The van der Waals surface area contributed by atoms with Gasteiger partial charge in [-0.3, -0.25) is 24.0 Å². The van der Waals surface area contributed by atoms with Crippen LogP contribution in [0, 0.1) is 0 Å². The van der Waals surface area contributed by atoms with Crippen LogP contribution in [0.25, 0.3) is 10.9 Å². The molecule has 4 unspecified atom stereocenters.